The van der Waals surface area contributed by atoms with Crippen LogP contribution in [0, 0.1) is 0 Å². The minimum atomic E-state index is -0.599. The molecule has 0 spiro atoms. The molecule has 0 aliphatic heterocycles. The van der Waals surface area contributed by atoms with Crippen molar-refractivity contribution in [2.75, 3.05) is 11.1 Å². The molecule has 7 heteroatoms. The van der Waals surface area contributed by atoms with Gasteiger partial charge in [-0.05, 0) is 30.3 Å². The van der Waals surface area contributed by atoms with Gasteiger partial charge in [-0.25, -0.2) is 0 Å². The third kappa shape index (κ3) is 2.98. The van der Waals surface area contributed by atoms with Crippen LogP contribution in [0.1, 0.15) is 10.4 Å². The Bertz CT molecular complexity index is 900. The first-order valence-corrected chi connectivity index (χ1v) is 6.94. The fraction of sp³-hybridized carbons (Fsp3) is 0.0625. The Kier molecular flexibility index (Phi) is 3.68. The normalized spacial score (nSPS) is 10.6. The molecule has 116 valence electrons. The molecule has 0 saturated carbocycles. The lowest BCUT2D eigenvalue weighted by Crippen LogP contribution is -2.22. The van der Waals surface area contributed by atoms with Crippen LogP contribution in [0.3, 0.4) is 0 Å². The van der Waals surface area contributed by atoms with E-state index >= 15 is 0 Å². The molecule has 1 heterocycles. The van der Waals surface area contributed by atoms with E-state index in [9.17, 15) is 9.59 Å². The number of rotatable bonds is 4. The van der Waals surface area contributed by atoms with E-state index in [1.807, 2.05) is 6.07 Å². The summed E-state index contributed by atoms with van der Waals surface area (Å²) in [6, 6.07) is 11.9. The first-order chi connectivity index (χ1) is 11.0. The summed E-state index contributed by atoms with van der Waals surface area (Å²) in [5.41, 5.74) is 13.1. The average molecular weight is 309 g/mol. The summed E-state index contributed by atoms with van der Waals surface area (Å²) in [7, 11) is 0. The van der Waals surface area contributed by atoms with Crippen molar-refractivity contribution in [3.8, 4) is 0 Å². The zero-order valence-corrected chi connectivity index (χ0v) is 12.2. The van der Waals surface area contributed by atoms with Gasteiger partial charge in [0.15, 0.2) is 0 Å². The molecule has 3 aromatic rings. The SMILES string of the molecule is NC(=O)c1ccccc1NC(=O)Cn1ncc2ccc(N)cc21. The lowest BCUT2D eigenvalue weighted by Gasteiger charge is -2.09. The molecule has 7 nitrogen and oxygen atoms in total. The lowest BCUT2D eigenvalue weighted by molar-refractivity contribution is -0.116. The number of hydrogen-bond acceptors (Lipinski definition) is 4. The molecule has 2 amide bonds. The van der Waals surface area contributed by atoms with Gasteiger partial charge < -0.3 is 16.8 Å². The van der Waals surface area contributed by atoms with Crippen LogP contribution in [0.15, 0.2) is 48.7 Å². The van der Waals surface area contributed by atoms with Gasteiger partial charge in [0.2, 0.25) is 5.91 Å². The highest BCUT2D eigenvalue weighted by Crippen LogP contribution is 2.18. The highest BCUT2D eigenvalue weighted by molar-refractivity contribution is 6.03. The Labute approximate surface area is 131 Å². The van der Waals surface area contributed by atoms with Crippen molar-refractivity contribution < 1.29 is 9.59 Å². The van der Waals surface area contributed by atoms with Crippen LogP contribution in [0.4, 0.5) is 11.4 Å². The van der Waals surface area contributed by atoms with Crippen LogP contribution in [-0.2, 0) is 11.3 Å². The number of carbonyl (C=O) groups is 2. The standard InChI is InChI=1S/C16H15N5O2/c17-11-6-5-10-8-19-21(14(10)7-11)9-15(22)20-13-4-2-1-3-12(13)16(18)23/h1-8H,9,17H2,(H2,18,23)(H,20,22). The first kappa shape index (κ1) is 14.6. The van der Waals surface area contributed by atoms with Gasteiger partial charge in [-0.2, -0.15) is 5.10 Å². The number of anilines is 2. The minimum absolute atomic E-state index is 0.0000491. The molecule has 0 radical (unpaired) electrons. The Morgan fingerprint density at radius 2 is 1.96 bits per heavy atom. The third-order valence-corrected chi connectivity index (χ3v) is 3.43. The summed E-state index contributed by atoms with van der Waals surface area (Å²) < 4.78 is 1.55. The number of carbonyl (C=O) groups excluding carboxylic acids is 2. The second-order valence-corrected chi connectivity index (χ2v) is 5.08. The van der Waals surface area contributed by atoms with Crippen molar-refractivity contribution >= 4 is 34.1 Å². The predicted octanol–water partition coefficient (Wildman–Crippen LogP) is 1.36. The molecule has 0 aliphatic carbocycles. The van der Waals surface area contributed by atoms with E-state index in [0.29, 0.717) is 11.4 Å². The molecule has 0 atom stereocenters. The maximum atomic E-state index is 12.2. The topological polar surface area (TPSA) is 116 Å². The summed E-state index contributed by atoms with van der Waals surface area (Å²) in [5.74, 6) is -0.913. The summed E-state index contributed by atoms with van der Waals surface area (Å²) in [4.78, 5) is 23.6. The zero-order valence-electron chi connectivity index (χ0n) is 12.2. The molecule has 0 aliphatic rings. The van der Waals surface area contributed by atoms with E-state index < -0.39 is 5.91 Å². The molecule has 0 fully saturated rings. The molecule has 23 heavy (non-hydrogen) atoms. The molecule has 5 N–H and O–H groups in total. The number of hydrogen-bond donors (Lipinski definition) is 3. The highest BCUT2D eigenvalue weighted by Gasteiger charge is 2.12. The number of benzene rings is 2. The fourth-order valence-corrected chi connectivity index (χ4v) is 2.35. The van der Waals surface area contributed by atoms with Gasteiger partial charge in [0, 0.05) is 11.1 Å². The molecule has 0 saturated heterocycles. The molecule has 3 rings (SSSR count). The fourth-order valence-electron chi connectivity index (χ4n) is 2.35. The van der Waals surface area contributed by atoms with Crippen LogP contribution < -0.4 is 16.8 Å². The van der Waals surface area contributed by atoms with Crippen molar-refractivity contribution in [2.45, 2.75) is 6.54 Å². The van der Waals surface area contributed by atoms with Crippen LogP contribution in [0.5, 0.6) is 0 Å². The smallest absolute Gasteiger partial charge is 0.250 e. The van der Waals surface area contributed by atoms with Crippen LogP contribution >= 0.6 is 0 Å². The number of primary amides is 1. The van der Waals surface area contributed by atoms with Crippen molar-refractivity contribution in [2.24, 2.45) is 5.73 Å². The third-order valence-electron chi connectivity index (χ3n) is 3.43. The number of nitrogens with zero attached hydrogens (tertiary/aromatic N) is 2. The van der Waals surface area contributed by atoms with Crippen molar-refractivity contribution in [3.05, 3.63) is 54.2 Å². The van der Waals surface area contributed by atoms with Crippen LogP contribution in [0.2, 0.25) is 0 Å². The van der Waals surface area contributed by atoms with Gasteiger partial charge >= 0.3 is 0 Å². The monoisotopic (exact) mass is 309 g/mol. The summed E-state index contributed by atoms with van der Waals surface area (Å²) in [6.07, 6.45) is 1.67. The van der Waals surface area contributed by atoms with Gasteiger partial charge in [-0.15, -0.1) is 0 Å². The van der Waals surface area contributed by atoms with Gasteiger partial charge in [-0.1, -0.05) is 12.1 Å². The molecular weight excluding hydrogens is 294 g/mol. The minimum Gasteiger partial charge on any atom is -0.399 e. The molecular formula is C16H15N5O2. The molecule has 2 aromatic carbocycles. The lowest BCUT2D eigenvalue weighted by atomic mass is 10.1. The van der Waals surface area contributed by atoms with E-state index in [-0.39, 0.29) is 18.0 Å². The van der Waals surface area contributed by atoms with E-state index in [0.717, 1.165) is 10.9 Å². The van der Waals surface area contributed by atoms with E-state index in [4.69, 9.17) is 11.5 Å². The van der Waals surface area contributed by atoms with Gasteiger partial charge in [0.05, 0.1) is 23.0 Å². The number of fused-ring (bicyclic) bond motifs is 1. The van der Waals surface area contributed by atoms with Gasteiger partial charge in [0.25, 0.3) is 5.91 Å². The van der Waals surface area contributed by atoms with Crippen LogP contribution in [0.25, 0.3) is 10.9 Å². The quantitative estimate of drug-likeness (QED) is 0.631. The van der Waals surface area contributed by atoms with Gasteiger partial charge in [-0.3, -0.25) is 14.3 Å². The van der Waals surface area contributed by atoms with Crippen molar-refractivity contribution in [1.82, 2.24) is 9.78 Å². The zero-order chi connectivity index (χ0) is 16.4. The summed E-state index contributed by atoms with van der Waals surface area (Å²) in [6.45, 7) is 0.0000491. The largest absolute Gasteiger partial charge is 0.399 e. The maximum Gasteiger partial charge on any atom is 0.250 e. The van der Waals surface area contributed by atoms with Gasteiger partial charge in [0.1, 0.15) is 6.54 Å². The number of nitrogen functional groups attached to an aromatic ring is 1. The number of aromatic nitrogens is 2. The Morgan fingerprint density at radius 3 is 2.74 bits per heavy atom. The number of para-hydroxylation sites is 1. The summed E-state index contributed by atoms with van der Waals surface area (Å²) in [5, 5.41) is 7.75. The number of nitrogens with one attached hydrogen (secondary N) is 1. The molecule has 1 aromatic heterocycles. The maximum absolute atomic E-state index is 12.2. The van der Waals surface area contributed by atoms with E-state index in [1.165, 1.54) is 0 Å². The molecule has 0 unspecified atom stereocenters. The van der Waals surface area contributed by atoms with E-state index in [1.54, 1.807) is 47.3 Å². The van der Waals surface area contributed by atoms with Crippen molar-refractivity contribution in [3.63, 3.8) is 0 Å². The van der Waals surface area contributed by atoms with E-state index in [2.05, 4.69) is 10.4 Å². The highest BCUT2D eigenvalue weighted by atomic mass is 16.2. The average Bonchev–Trinajstić information content (AvgIpc) is 2.90. The van der Waals surface area contributed by atoms with Crippen molar-refractivity contribution in [1.29, 1.82) is 0 Å². The van der Waals surface area contributed by atoms with Crippen LogP contribution in [-0.4, -0.2) is 21.6 Å². The number of nitrogens with two attached hydrogens (primary N) is 2. The number of amides is 2. The Hall–Kier alpha value is -3.35. The molecule has 0 bridgehead atoms. The second-order valence-electron chi connectivity index (χ2n) is 5.08. The Morgan fingerprint density at radius 1 is 1.17 bits per heavy atom. The first-order valence-electron chi connectivity index (χ1n) is 6.94. The predicted molar refractivity (Wildman–Crippen MR) is 87.7 cm³/mol. The summed E-state index contributed by atoms with van der Waals surface area (Å²) >= 11 is 0. The second kappa shape index (κ2) is 5.80. The Balaban J connectivity index is 1.82.